The van der Waals surface area contributed by atoms with Crippen molar-refractivity contribution in [1.82, 2.24) is 14.4 Å². The minimum Gasteiger partial charge on any atom is -0.296 e. The van der Waals surface area contributed by atoms with Gasteiger partial charge in [-0.05, 0) is 36.6 Å². The van der Waals surface area contributed by atoms with E-state index >= 15 is 0 Å². The van der Waals surface area contributed by atoms with Crippen molar-refractivity contribution in [1.29, 1.82) is 0 Å². The molecule has 0 spiro atoms. The molecule has 0 saturated carbocycles. The van der Waals surface area contributed by atoms with E-state index in [2.05, 4.69) is 15.3 Å². The van der Waals surface area contributed by atoms with E-state index < -0.39 is 17.8 Å². The Morgan fingerprint density at radius 1 is 1.17 bits per heavy atom. The van der Waals surface area contributed by atoms with Gasteiger partial charge >= 0.3 is 6.18 Å². The summed E-state index contributed by atoms with van der Waals surface area (Å²) in [6.07, 6.45) is 0.743. The topological polar surface area (TPSA) is 59.3 Å². The number of carbonyl (C=O) groups is 1. The maximum Gasteiger partial charge on any atom is 0.434 e. The molecule has 1 amide bonds. The van der Waals surface area contributed by atoms with Gasteiger partial charge < -0.3 is 0 Å². The summed E-state index contributed by atoms with van der Waals surface area (Å²) in [5.74, 6) is -0.579. The lowest BCUT2D eigenvalue weighted by Crippen LogP contribution is -2.15. The Morgan fingerprint density at radius 2 is 1.97 bits per heavy atom. The highest BCUT2D eigenvalue weighted by atomic mass is 32.1. The zero-order valence-corrected chi connectivity index (χ0v) is 17.5. The van der Waals surface area contributed by atoms with E-state index in [-0.39, 0.29) is 10.8 Å². The smallest absolute Gasteiger partial charge is 0.296 e. The number of anilines is 1. The van der Waals surface area contributed by atoms with Crippen molar-refractivity contribution in [2.75, 3.05) is 5.32 Å². The minimum atomic E-state index is -4.56. The van der Waals surface area contributed by atoms with Gasteiger partial charge in [0.1, 0.15) is 5.69 Å². The Morgan fingerprint density at radius 3 is 2.70 bits per heavy atom. The molecule has 4 rings (SSSR count). The van der Waals surface area contributed by atoms with E-state index in [0.717, 1.165) is 33.4 Å². The number of benzene rings is 1. The average Bonchev–Trinajstić information content (AvgIpc) is 3.38. The second kappa shape index (κ2) is 7.69. The molecular weight excluding hydrogens is 433 g/mol. The molecule has 1 aromatic carbocycles. The third kappa shape index (κ3) is 3.88. The third-order valence-electron chi connectivity index (χ3n) is 4.59. The number of nitrogens with one attached hydrogen (secondary N) is 1. The fourth-order valence-electron chi connectivity index (χ4n) is 2.89. The maximum absolute atomic E-state index is 12.9. The summed E-state index contributed by atoms with van der Waals surface area (Å²) in [7, 11) is 0. The number of rotatable bonds is 4. The molecule has 0 radical (unpaired) electrons. The van der Waals surface area contributed by atoms with Crippen LogP contribution in [0.15, 0.2) is 35.2 Å². The van der Waals surface area contributed by atoms with Gasteiger partial charge in [-0.1, -0.05) is 24.3 Å². The number of amides is 1. The first kappa shape index (κ1) is 20.3. The molecule has 4 aromatic rings. The van der Waals surface area contributed by atoms with E-state index in [1.54, 1.807) is 22.1 Å². The number of aryl methyl sites for hydroxylation is 1. The van der Waals surface area contributed by atoms with Gasteiger partial charge in [0.2, 0.25) is 0 Å². The van der Waals surface area contributed by atoms with Crippen LogP contribution in [-0.2, 0) is 6.18 Å². The van der Waals surface area contributed by atoms with Crippen LogP contribution in [0.25, 0.3) is 17.1 Å². The molecule has 30 heavy (non-hydrogen) atoms. The van der Waals surface area contributed by atoms with Gasteiger partial charge in [-0.2, -0.15) is 13.2 Å². The standard InChI is InChI=1S/C20H15F3N4OS2/c1-11-4-3-5-13(12(11)2)6-7-14-16(27-8-9-29-19(27)24-14)17(28)26-18-25-15(10-30-18)20(21,22)23/h3-10H,1-2H3,(H,25,26,28)/b7-6+. The summed E-state index contributed by atoms with van der Waals surface area (Å²) < 4.78 is 39.9. The molecule has 0 aliphatic rings. The molecule has 5 nitrogen and oxygen atoms in total. The summed E-state index contributed by atoms with van der Waals surface area (Å²) in [6, 6.07) is 5.93. The summed E-state index contributed by atoms with van der Waals surface area (Å²) in [5, 5.41) is 4.98. The number of nitrogens with zero attached hydrogens (tertiary/aromatic N) is 3. The Labute approximate surface area is 177 Å². The highest BCUT2D eigenvalue weighted by Gasteiger charge is 2.34. The lowest BCUT2D eigenvalue weighted by molar-refractivity contribution is -0.140. The van der Waals surface area contributed by atoms with Crippen LogP contribution in [-0.4, -0.2) is 20.3 Å². The third-order valence-corrected chi connectivity index (χ3v) is 6.10. The summed E-state index contributed by atoms with van der Waals surface area (Å²) in [6.45, 7) is 4.02. The first-order chi connectivity index (χ1) is 14.2. The van der Waals surface area contributed by atoms with Crippen molar-refractivity contribution in [2.24, 2.45) is 0 Å². The highest BCUT2D eigenvalue weighted by Crippen LogP contribution is 2.32. The zero-order chi connectivity index (χ0) is 21.5. The van der Waals surface area contributed by atoms with Crippen LogP contribution in [0.3, 0.4) is 0 Å². The van der Waals surface area contributed by atoms with Gasteiger partial charge in [-0.25, -0.2) is 9.97 Å². The number of thiazole rings is 2. The van der Waals surface area contributed by atoms with Crippen LogP contribution in [0.1, 0.15) is 38.6 Å². The number of hydrogen-bond acceptors (Lipinski definition) is 5. The van der Waals surface area contributed by atoms with Crippen LogP contribution in [0.4, 0.5) is 18.3 Å². The van der Waals surface area contributed by atoms with Gasteiger partial charge in [0.15, 0.2) is 15.8 Å². The van der Waals surface area contributed by atoms with Gasteiger partial charge in [-0.15, -0.1) is 22.7 Å². The lowest BCUT2D eigenvalue weighted by Gasteiger charge is -2.04. The number of halogens is 3. The highest BCUT2D eigenvalue weighted by molar-refractivity contribution is 7.15. The largest absolute Gasteiger partial charge is 0.434 e. The average molecular weight is 448 g/mol. The molecule has 10 heteroatoms. The van der Waals surface area contributed by atoms with Crippen molar-refractivity contribution in [2.45, 2.75) is 20.0 Å². The van der Waals surface area contributed by atoms with E-state index in [1.165, 1.54) is 11.3 Å². The quantitative estimate of drug-likeness (QED) is 0.422. The van der Waals surface area contributed by atoms with E-state index in [0.29, 0.717) is 10.7 Å². The molecule has 154 valence electrons. The number of carbonyl (C=O) groups excluding carboxylic acids is 1. The number of alkyl halides is 3. The molecule has 0 aliphatic carbocycles. The Kier molecular flexibility index (Phi) is 5.20. The predicted octanol–water partition coefficient (Wildman–Crippen LogP) is 5.91. The number of aromatic nitrogens is 3. The van der Waals surface area contributed by atoms with E-state index in [9.17, 15) is 18.0 Å². The minimum absolute atomic E-state index is 0.123. The van der Waals surface area contributed by atoms with Crippen LogP contribution >= 0.6 is 22.7 Å². The monoisotopic (exact) mass is 448 g/mol. The number of hydrogen-bond donors (Lipinski definition) is 1. The fourth-order valence-corrected chi connectivity index (χ4v) is 4.32. The second-order valence-corrected chi connectivity index (χ2v) is 8.24. The van der Waals surface area contributed by atoms with Crippen LogP contribution in [0, 0.1) is 13.8 Å². The van der Waals surface area contributed by atoms with Crippen molar-refractivity contribution in [3.63, 3.8) is 0 Å². The summed E-state index contributed by atoms with van der Waals surface area (Å²) >= 11 is 2.08. The maximum atomic E-state index is 12.9. The Balaban J connectivity index is 1.67. The molecular formula is C20H15F3N4OS2. The molecule has 0 bridgehead atoms. The lowest BCUT2D eigenvalue weighted by atomic mass is 10.0. The van der Waals surface area contributed by atoms with Crippen molar-refractivity contribution >= 4 is 50.8 Å². The first-order valence-electron chi connectivity index (χ1n) is 8.78. The zero-order valence-electron chi connectivity index (χ0n) is 15.8. The normalized spacial score (nSPS) is 12.2. The molecule has 0 atom stereocenters. The Hall–Kier alpha value is -2.98. The van der Waals surface area contributed by atoms with Crippen LogP contribution in [0.5, 0.6) is 0 Å². The van der Waals surface area contributed by atoms with Crippen LogP contribution in [0.2, 0.25) is 0 Å². The van der Waals surface area contributed by atoms with Gasteiger partial charge in [0.25, 0.3) is 5.91 Å². The van der Waals surface area contributed by atoms with E-state index in [1.807, 2.05) is 38.1 Å². The van der Waals surface area contributed by atoms with Gasteiger partial charge in [-0.3, -0.25) is 14.5 Å². The molecule has 3 aromatic heterocycles. The van der Waals surface area contributed by atoms with Gasteiger partial charge in [0, 0.05) is 17.0 Å². The number of imidazole rings is 1. The molecule has 0 unspecified atom stereocenters. The van der Waals surface area contributed by atoms with E-state index in [4.69, 9.17) is 0 Å². The molecule has 0 fully saturated rings. The first-order valence-corrected chi connectivity index (χ1v) is 10.5. The second-order valence-electron chi connectivity index (χ2n) is 6.51. The molecule has 0 aliphatic heterocycles. The van der Waals surface area contributed by atoms with Gasteiger partial charge in [0.05, 0.1) is 5.69 Å². The summed E-state index contributed by atoms with van der Waals surface area (Å²) in [4.78, 5) is 21.4. The van der Waals surface area contributed by atoms with Crippen molar-refractivity contribution < 1.29 is 18.0 Å². The number of fused-ring (bicyclic) bond motifs is 1. The molecule has 0 saturated heterocycles. The molecule has 1 N–H and O–H groups in total. The van der Waals surface area contributed by atoms with Crippen LogP contribution < -0.4 is 5.32 Å². The molecule has 3 heterocycles. The summed E-state index contributed by atoms with van der Waals surface area (Å²) in [5.41, 5.74) is 2.87. The Bertz CT molecular complexity index is 1270. The SMILES string of the molecule is Cc1cccc(/C=C/c2nc3sccn3c2C(=O)Nc2nc(C(F)(F)F)cs2)c1C. The predicted molar refractivity (Wildman–Crippen MR) is 113 cm³/mol. The van der Waals surface area contributed by atoms with Crippen molar-refractivity contribution in [3.05, 3.63) is 68.9 Å². The fraction of sp³-hybridized carbons (Fsp3) is 0.150. The van der Waals surface area contributed by atoms with Crippen molar-refractivity contribution in [3.8, 4) is 0 Å².